The van der Waals surface area contributed by atoms with Crippen LogP contribution in [0.25, 0.3) is 0 Å². The molecule has 0 nitrogen and oxygen atoms in total. The van der Waals surface area contributed by atoms with Gasteiger partial charge in [-0.1, -0.05) is 0 Å². The topological polar surface area (TPSA) is 0 Å². The Balaban J connectivity index is 2.58. The molecule has 3 rings (SSSR count). The summed E-state index contributed by atoms with van der Waals surface area (Å²) in [6.07, 6.45) is 36.2. The van der Waals surface area contributed by atoms with Crippen molar-refractivity contribution in [2.45, 2.75) is 229 Å². The fraction of sp³-hybridized carbons (Fsp3) is 1.00. The van der Waals surface area contributed by atoms with Gasteiger partial charge in [0.15, 0.2) is 0 Å². The molecule has 237 valence electrons. The number of hydrogen-bond donors (Lipinski definition) is 0. The van der Waals surface area contributed by atoms with Crippen LogP contribution in [-0.2, 0) is 14.1 Å². The summed E-state index contributed by atoms with van der Waals surface area (Å²) in [6, 6.07) is 0. The van der Waals surface area contributed by atoms with Crippen molar-refractivity contribution in [2.24, 2.45) is 16.2 Å². The first-order chi connectivity index (χ1) is 19.3. The molecule has 40 heavy (non-hydrogen) atoms. The van der Waals surface area contributed by atoms with Gasteiger partial charge in [-0.05, 0) is 0 Å². The van der Waals surface area contributed by atoms with Crippen molar-refractivity contribution in [3.8, 4) is 0 Å². The van der Waals surface area contributed by atoms with E-state index in [0.29, 0.717) is 29.1 Å². The Morgan fingerprint density at radius 1 is 0.325 bits per heavy atom. The molecule has 3 fully saturated rings. The zero-order valence-electron chi connectivity index (χ0n) is 29.4. The SMILES string of the molecule is CCC(CC)(CC)[C]1([Cr]([C]2(C(CC)(CC)CC)CCCCC2)[C]2(C(CC)(CC)CC)CCCCC2)CCCCC1. The van der Waals surface area contributed by atoms with Gasteiger partial charge in [-0.25, -0.2) is 0 Å². The molecule has 0 aromatic carbocycles. The molecular weight excluding hydrogens is 520 g/mol. The molecule has 0 aromatic rings. The second-order valence-corrected chi connectivity index (χ2v) is 19.6. The van der Waals surface area contributed by atoms with Gasteiger partial charge < -0.3 is 0 Å². The van der Waals surface area contributed by atoms with Gasteiger partial charge in [0.2, 0.25) is 0 Å². The van der Waals surface area contributed by atoms with Gasteiger partial charge in [-0.15, -0.1) is 0 Å². The predicted octanol–water partition coefficient (Wildman–Crippen LogP) is 14.6. The van der Waals surface area contributed by atoms with Crippen LogP contribution in [0, 0.1) is 16.2 Å². The maximum atomic E-state index is 2.65. The van der Waals surface area contributed by atoms with E-state index < -0.39 is 14.1 Å². The summed E-state index contributed by atoms with van der Waals surface area (Å²) >= 11 is -1.19. The third kappa shape index (κ3) is 5.16. The number of hydrogen-bond acceptors (Lipinski definition) is 0. The second-order valence-electron chi connectivity index (χ2n) is 15.0. The van der Waals surface area contributed by atoms with Crippen LogP contribution < -0.4 is 0 Å². The van der Waals surface area contributed by atoms with Crippen molar-refractivity contribution < 1.29 is 14.1 Å². The molecule has 1 heteroatoms. The van der Waals surface area contributed by atoms with Gasteiger partial charge in [0, 0.05) is 0 Å². The normalized spacial score (nSPS) is 23.9. The molecule has 0 aromatic heterocycles. The molecule has 3 saturated carbocycles. The van der Waals surface area contributed by atoms with Crippen molar-refractivity contribution in [3.63, 3.8) is 0 Å². The second kappa shape index (κ2) is 14.5. The van der Waals surface area contributed by atoms with E-state index in [0.717, 1.165) is 0 Å². The van der Waals surface area contributed by atoms with Crippen molar-refractivity contribution in [1.82, 2.24) is 0 Å². The van der Waals surface area contributed by atoms with Crippen LogP contribution in [-0.4, -0.2) is 0 Å². The Hall–Kier alpha value is 0.532. The van der Waals surface area contributed by atoms with E-state index in [1.165, 1.54) is 116 Å². The van der Waals surface area contributed by atoms with E-state index in [1.54, 1.807) is 38.5 Å². The minimum absolute atomic E-state index is 0.551. The third-order valence-corrected chi connectivity index (χ3v) is 22.7. The van der Waals surface area contributed by atoms with Gasteiger partial charge >= 0.3 is 260 Å². The number of rotatable bonds is 15. The monoisotopic (exact) mass is 596 g/mol. The summed E-state index contributed by atoms with van der Waals surface area (Å²) in [7, 11) is 0. The summed E-state index contributed by atoms with van der Waals surface area (Å²) in [6.45, 7) is 23.8. The molecule has 0 radical (unpaired) electrons. The first-order valence-electron chi connectivity index (χ1n) is 19.0. The standard InChI is InChI=1S/3C13H25.Cr/c3*1-4-13(5-2,6-3)12-10-8-7-9-11-12;/h3*4-11H2,1-3H3;. The van der Waals surface area contributed by atoms with Crippen LogP contribution >= 0.6 is 0 Å². The van der Waals surface area contributed by atoms with E-state index in [1.807, 2.05) is 0 Å². The van der Waals surface area contributed by atoms with E-state index in [4.69, 9.17) is 0 Å². The van der Waals surface area contributed by atoms with Crippen molar-refractivity contribution in [2.75, 3.05) is 0 Å². The van der Waals surface area contributed by atoms with Gasteiger partial charge in [0.05, 0.1) is 0 Å². The van der Waals surface area contributed by atoms with Crippen LogP contribution in [0.1, 0.15) is 216 Å². The van der Waals surface area contributed by atoms with Crippen LogP contribution in [0.5, 0.6) is 0 Å². The third-order valence-electron chi connectivity index (χ3n) is 15.1. The average Bonchev–Trinajstić information content (AvgIpc) is 3.02. The molecular formula is C39H75Cr. The van der Waals surface area contributed by atoms with E-state index in [2.05, 4.69) is 62.3 Å². The summed E-state index contributed by atoms with van der Waals surface area (Å²) in [5, 5.41) is 0. The molecule has 0 atom stereocenters. The van der Waals surface area contributed by atoms with E-state index >= 15 is 0 Å². The fourth-order valence-electron chi connectivity index (χ4n) is 12.5. The van der Waals surface area contributed by atoms with Crippen LogP contribution in [0.3, 0.4) is 0 Å². The predicted molar refractivity (Wildman–Crippen MR) is 177 cm³/mol. The molecule has 0 unspecified atom stereocenters. The molecule has 0 bridgehead atoms. The Labute approximate surface area is 258 Å². The summed E-state index contributed by atoms with van der Waals surface area (Å²) in [5.74, 6) is 0. The Morgan fingerprint density at radius 3 is 0.650 bits per heavy atom. The molecule has 3 aliphatic rings. The zero-order chi connectivity index (χ0) is 29.5. The maximum absolute atomic E-state index is 2.65. The molecule has 0 amide bonds. The Morgan fingerprint density at radius 2 is 0.500 bits per heavy atom. The quantitative estimate of drug-likeness (QED) is 0.177. The molecule has 0 N–H and O–H groups in total. The Kier molecular flexibility index (Phi) is 12.7. The van der Waals surface area contributed by atoms with E-state index in [-0.39, 0.29) is 0 Å². The summed E-state index contributed by atoms with van der Waals surface area (Å²) in [5.41, 5.74) is 1.65. The van der Waals surface area contributed by atoms with E-state index in [9.17, 15) is 0 Å². The fourth-order valence-corrected chi connectivity index (χ4v) is 23.3. The van der Waals surface area contributed by atoms with Gasteiger partial charge in [-0.3, -0.25) is 0 Å². The Bertz CT molecular complexity index is 593. The summed E-state index contributed by atoms with van der Waals surface area (Å²) < 4.78 is 1.90. The van der Waals surface area contributed by atoms with Gasteiger partial charge in [0.1, 0.15) is 0 Å². The van der Waals surface area contributed by atoms with Crippen molar-refractivity contribution in [3.05, 3.63) is 0 Å². The van der Waals surface area contributed by atoms with Crippen LogP contribution in [0.15, 0.2) is 0 Å². The minimum atomic E-state index is -1.19. The molecule has 0 saturated heterocycles. The van der Waals surface area contributed by atoms with Crippen molar-refractivity contribution in [1.29, 1.82) is 0 Å². The van der Waals surface area contributed by atoms with Gasteiger partial charge in [-0.2, -0.15) is 0 Å². The first-order valence-corrected chi connectivity index (χ1v) is 20.9. The van der Waals surface area contributed by atoms with Crippen LogP contribution in [0.2, 0.25) is 12.8 Å². The average molecular weight is 596 g/mol. The molecule has 0 spiro atoms. The molecule has 0 heterocycles. The summed E-state index contributed by atoms with van der Waals surface area (Å²) in [4.78, 5) is 0. The molecule has 0 aliphatic heterocycles. The van der Waals surface area contributed by atoms with Gasteiger partial charge in [0.25, 0.3) is 0 Å². The zero-order valence-corrected chi connectivity index (χ0v) is 30.7. The van der Waals surface area contributed by atoms with Crippen molar-refractivity contribution >= 4 is 0 Å². The van der Waals surface area contributed by atoms with Crippen LogP contribution in [0.4, 0.5) is 0 Å². The first kappa shape index (κ1) is 35.0. The molecule has 3 aliphatic carbocycles.